The number of rotatable bonds is 8. The molecule has 3 aromatic carbocycles. The molecule has 11 heteroatoms. The van der Waals surface area contributed by atoms with Gasteiger partial charge in [0.15, 0.2) is 17.3 Å². The molecule has 0 atom stereocenters. The average molecular weight is 552 g/mol. The molecule has 0 spiro atoms. The van der Waals surface area contributed by atoms with Crippen molar-refractivity contribution < 1.29 is 28.3 Å². The van der Waals surface area contributed by atoms with E-state index in [1.807, 2.05) is 0 Å². The van der Waals surface area contributed by atoms with Gasteiger partial charge in [-0.05, 0) is 72.3 Å². The van der Waals surface area contributed by atoms with Gasteiger partial charge in [-0.2, -0.15) is 5.10 Å². The molecule has 2 amide bonds. The van der Waals surface area contributed by atoms with E-state index in [1.54, 1.807) is 36.4 Å². The zero-order valence-electron chi connectivity index (χ0n) is 19.7. The number of methoxy groups -OCH3 is 1. The van der Waals surface area contributed by atoms with Crippen LogP contribution in [0.25, 0.3) is 0 Å². The minimum Gasteiger partial charge on any atom is -0.493 e. The standard InChI is InChI=1S/C27H19Cl2N3O6/c1-36-24-12-16(7-10-22(24)38-27(35)20-9-8-18(28)14-21(20)29)15-30-32-25(33)17-4-2-5-19(13-17)31-26(34)23-6-3-11-37-23/h2-15H,1H3,(H,31,34)(H,32,33). The number of hydrogen-bond acceptors (Lipinski definition) is 7. The van der Waals surface area contributed by atoms with Gasteiger partial charge in [0.25, 0.3) is 11.8 Å². The zero-order chi connectivity index (χ0) is 27.1. The molecule has 0 unspecified atom stereocenters. The van der Waals surface area contributed by atoms with Crippen LogP contribution in [0.1, 0.15) is 36.8 Å². The number of hydrazone groups is 1. The second-order valence-electron chi connectivity index (χ2n) is 7.64. The molecule has 2 N–H and O–H groups in total. The highest BCUT2D eigenvalue weighted by atomic mass is 35.5. The Balaban J connectivity index is 1.39. The Morgan fingerprint density at radius 3 is 2.50 bits per heavy atom. The molecule has 192 valence electrons. The summed E-state index contributed by atoms with van der Waals surface area (Å²) in [4.78, 5) is 37.2. The largest absolute Gasteiger partial charge is 0.493 e. The van der Waals surface area contributed by atoms with E-state index in [2.05, 4.69) is 15.8 Å². The first-order chi connectivity index (χ1) is 18.3. The lowest BCUT2D eigenvalue weighted by molar-refractivity contribution is 0.0729. The van der Waals surface area contributed by atoms with E-state index >= 15 is 0 Å². The van der Waals surface area contributed by atoms with E-state index in [0.717, 1.165) is 0 Å². The number of anilines is 1. The smallest absolute Gasteiger partial charge is 0.345 e. The quantitative estimate of drug-likeness (QED) is 0.123. The van der Waals surface area contributed by atoms with Crippen molar-refractivity contribution in [2.75, 3.05) is 12.4 Å². The maximum Gasteiger partial charge on any atom is 0.345 e. The van der Waals surface area contributed by atoms with E-state index in [0.29, 0.717) is 16.3 Å². The van der Waals surface area contributed by atoms with E-state index in [1.165, 1.54) is 56.0 Å². The molecule has 0 bridgehead atoms. The maximum atomic E-state index is 12.5. The summed E-state index contributed by atoms with van der Waals surface area (Å²) in [5.41, 5.74) is 3.82. The van der Waals surface area contributed by atoms with Crippen LogP contribution in [0.4, 0.5) is 5.69 Å². The minimum absolute atomic E-state index is 0.148. The van der Waals surface area contributed by atoms with Crippen LogP contribution in [0.15, 0.2) is 88.6 Å². The lowest BCUT2D eigenvalue weighted by Crippen LogP contribution is -2.18. The van der Waals surface area contributed by atoms with Crippen molar-refractivity contribution in [1.29, 1.82) is 0 Å². The number of amides is 2. The fourth-order valence-corrected chi connectivity index (χ4v) is 3.71. The molecule has 0 radical (unpaired) electrons. The van der Waals surface area contributed by atoms with Crippen molar-refractivity contribution in [3.05, 3.63) is 112 Å². The van der Waals surface area contributed by atoms with Crippen LogP contribution in [0.2, 0.25) is 10.0 Å². The first-order valence-electron chi connectivity index (χ1n) is 11.0. The van der Waals surface area contributed by atoms with Crippen molar-refractivity contribution in [3.8, 4) is 11.5 Å². The van der Waals surface area contributed by atoms with Gasteiger partial charge >= 0.3 is 5.97 Å². The first-order valence-corrected chi connectivity index (χ1v) is 11.7. The highest BCUT2D eigenvalue weighted by Gasteiger charge is 2.16. The predicted molar refractivity (Wildman–Crippen MR) is 143 cm³/mol. The fourth-order valence-electron chi connectivity index (χ4n) is 3.23. The van der Waals surface area contributed by atoms with Crippen molar-refractivity contribution >= 4 is 52.9 Å². The van der Waals surface area contributed by atoms with Gasteiger partial charge in [-0.15, -0.1) is 0 Å². The van der Waals surface area contributed by atoms with Gasteiger partial charge in [0.05, 0.1) is 30.2 Å². The van der Waals surface area contributed by atoms with Crippen LogP contribution >= 0.6 is 23.2 Å². The number of ether oxygens (including phenoxy) is 2. The van der Waals surface area contributed by atoms with Gasteiger partial charge in [-0.3, -0.25) is 9.59 Å². The summed E-state index contributed by atoms with van der Waals surface area (Å²) in [6.45, 7) is 0. The summed E-state index contributed by atoms with van der Waals surface area (Å²) < 4.78 is 15.8. The molecule has 0 aliphatic heterocycles. The Bertz CT molecular complexity index is 1520. The predicted octanol–water partition coefficient (Wildman–Crippen LogP) is 5.83. The van der Waals surface area contributed by atoms with Crippen LogP contribution in [-0.4, -0.2) is 31.1 Å². The highest BCUT2D eigenvalue weighted by molar-refractivity contribution is 6.36. The number of carbonyl (C=O) groups is 3. The van der Waals surface area contributed by atoms with Gasteiger partial charge < -0.3 is 19.2 Å². The topological polar surface area (TPSA) is 119 Å². The summed E-state index contributed by atoms with van der Waals surface area (Å²) in [7, 11) is 1.42. The number of benzene rings is 3. The number of hydrogen-bond donors (Lipinski definition) is 2. The van der Waals surface area contributed by atoms with Crippen molar-refractivity contribution in [2.45, 2.75) is 0 Å². The van der Waals surface area contributed by atoms with E-state index in [-0.39, 0.29) is 33.4 Å². The number of furan rings is 1. The SMILES string of the molecule is COc1cc(C=NNC(=O)c2cccc(NC(=O)c3ccco3)c2)ccc1OC(=O)c1ccc(Cl)cc1Cl. The molecule has 9 nitrogen and oxygen atoms in total. The summed E-state index contributed by atoms with van der Waals surface area (Å²) in [6.07, 6.45) is 2.79. The number of halogens is 2. The molecule has 1 heterocycles. The second kappa shape index (κ2) is 12.1. The third-order valence-electron chi connectivity index (χ3n) is 5.05. The van der Waals surface area contributed by atoms with Crippen molar-refractivity contribution in [2.24, 2.45) is 5.10 Å². The molecule has 4 aromatic rings. The molecule has 4 rings (SSSR count). The zero-order valence-corrected chi connectivity index (χ0v) is 21.2. The lowest BCUT2D eigenvalue weighted by Gasteiger charge is -2.10. The second-order valence-corrected chi connectivity index (χ2v) is 8.48. The summed E-state index contributed by atoms with van der Waals surface area (Å²) in [5.74, 6) is -1.04. The van der Waals surface area contributed by atoms with Gasteiger partial charge in [-0.25, -0.2) is 10.2 Å². The van der Waals surface area contributed by atoms with Crippen LogP contribution in [0.3, 0.4) is 0 Å². The summed E-state index contributed by atoms with van der Waals surface area (Å²) in [5, 5.41) is 7.17. The van der Waals surface area contributed by atoms with Crippen molar-refractivity contribution in [1.82, 2.24) is 5.43 Å². The first kappa shape index (κ1) is 26.5. The summed E-state index contributed by atoms with van der Waals surface area (Å²) >= 11 is 11.9. The molecule has 0 saturated heterocycles. The van der Waals surface area contributed by atoms with Gasteiger partial charge in [0.2, 0.25) is 0 Å². The average Bonchev–Trinajstić information content (AvgIpc) is 3.45. The molecule has 0 saturated carbocycles. The van der Waals surface area contributed by atoms with Gasteiger partial charge in [-0.1, -0.05) is 29.3 Å². The molecular formula is C27H19Cl2N3O6. The maximum absolute atomic E-state index is 12.5. The van der Waals surface area contributed by atoms with E-state index in [9.17, 15) is 14.4 Å². The fraction of sp³-hybridized carbons (Fsp3) is 0.0370. The van der Waals surface area contributed by atoms with E-state index in [4.69, 9.17) is 37.1 Å². The van der Waals surface area contributed by atoms with Crippen LogP contribution in [0.5, 0.6) is 11.5 Å². The van der Waals surface area contributed by atoms with Crippen molar-refractivity contribution in [3.63, 3.8) is 0 Å². The number of nitrogens with zero attached hydrogens (tertiary/aromatic N) is 1. The van der Waals surface area contributed by atoms with Gasteiger partial charge in [0.1, 0.15) is 0 Å². The number of esters is 1. The molecule has 0 fully saturated rings. The van der Waals surface area contributed by atoms with Crippen LogP contribution in [0, 0.1) is 0 Å². The van der Waals surface area contributed by atoms with Crippen LogP contribution in [-0.2, 0) is 0 Å². The van der Waals surface area contributed by atoms with Crippen LogP contribution < -0.4 is 20.2 Å². The highest BCUT2D eigenvalue weighted by Crippen LogP contribution is 2.30. The monoisotopic (exact) mass is 551 g/mol. The van der Waals surface area contributed by atoms with Gasteiger partial charge in [0, 0.05) is 16.3 Å². The molecule has 0 aliphatic carbocycles. The Labute approximate surface area is 227 Å². The molecular weight excluding hydrogens is 533 g/mol. The Hall–Kier alpha value is -4.60. The Kier molecular flexibility index (Phi) is 8.42. The number of carbonyl (C=O) groups excluding carboxylic acids is 3. The normalized spacial score (nSPS) is 10.7. The Morgan fingerprint density at radius 1 is 0.921 bits per heavy atom. The van der Waals surface area contributed by atoms with E-state index < -0.39 is 17.8 Å². The number of nitrogens with one attached hydrogen (secondary N) is 2. The molecule has 38 heavy (non-hydrogen) atoms. The third kappa shape index (κ3) is 6.58. The summed E-state index contributed by atoms with van der Waals surface area (Å²) in [6, 6.07) is 18.6. The third-order valence-corrected chi connectivity index (χ3v) is 5.60. The minimum atomic E-state index is -0.679. The molecule has 0 aliphatic rings. The Morgan fingerprint density at radius 2 is 1.76 bits per heavy atom. The lowest BCUT2D eigenvalue weighted by atomic mass is 10.2. The molecule has 1 aromatic heterocycles.